The van der Waals surface area contributed by atoms with Gasteiger partial charge in [-0.2, -0.15) is 0 Å². The summed E-state index contributed by atoms with van der Waals surface area (Å²) in [6, 6.07) is 8.21. The number of rotatable bonds is 18. The summed E-state index contributed by atoms with van der Waals surface area (Å²) >= 11 is 0. The zero-order chi connectivity index (χ0) is 27.3. The second kappa shape index (κ2) is 28.8. The minimum absolute atomic E-state index is 0.355. The molecule has 0 amide bonds. The van der Waals surface area contributed by atoms with Gasteiger partial charge < -0.3 is 9.84 Å². The van der Waals surface area contributed by atoms with Gasteiger partial charge in [-0.1, -0.05) is 102 Å². The number of carbonyl (C=O) groups excluding carboxylic acids is 1. The average Bonchev–Trinajstić information content (AvgIpc) is 2.91. The van der Waals surface area contributed by atoms with Crippen LogP contribution in [0, 0.1) is 5.92 Å². The van der Waals surface area contributed by atoms with Crippen molar-refractivity contribution in [1.29, 1.82) is 0 Å². The Bertz CT molecular complexity index is 711. The van der Waals surface area contributed by atoms with Crippen molar-refractivity contribution < 1.29 is 14.6 Å². The summed E-state index contributed by atoms with van der Waals surface area (Å²) in [4.78, 5) is 11.7. The summed E-state index contributed by atoms with van der Waals surface area (Å²) in [5.41, 5.74) is 1.20. The van der Waals surface area contributed by atoms with Crippen molar-refractivity contribution in [2.75, 3.05) is 13.7 Å². The topological polar surface area (TPSA) is 46.5 Å². The predicted molar refractivity (Wildman–Crippen MR) is 159 cm³/mol. The van der Waals surface area contributed by atoms with E-state index in [0.717, 1.165) is 58.0 Å². The maximum Gasteiger partial charge on any atom is 0.133 e. The standard InChI is InChI=1S/C30H44O2.C2H6.CH4O/c1-4-7-8-9-10-11-12-13-14-15-18-27(16-5-2)25-26-32-30-23-20-28(21-24-30)19-22-29(31)17-6-3;2*1-2/h7-8,11-15,18,20-21,23-24,27H,4-6,9-10,16-17,19,22,25-26H2,1-3H3;1-2H3;2H,1H3/b8-7-,12-11+,14-13-,18-15+;;. The molecule has 0 aliphatic rings. The van der Waals surface area contributed by atoms with Gasteiger partial charge in [0.2, 0.25) is 0 Å². The number of hydrogen-bond acceptors (Lipinski definition) is 3. The zero-order valence-electron chi connectivity index (χ0n) is 24.0. The fourth-order valence-corrected chi connectivity index (χ4v) is 3.48. The first-order valence-corrected chi connectivity index (χ1v) is 14.0. The van der Waals surface area contributed by atoms with Crippen LogP contribution in [-0.4, -0.2) is 24.6 Å². The molecule has 0 saturated heterocycles. The normalized spacial score (nSPS) is 12.0. The Morgan fingerprint density at radius 3 is 2.14 bits per heavy atom. The third-order valence-corrected chi connectivity index (χ3v) is 5.32. The molecule has 0 bridgehead atoms. The number of allylic oxidation sites excluding steroid dienone is 8. The zero-order valence-corrected chi connectivity index (χ0v) is 24.0. The Balaban J connectivity index is 0. The lowest BCUT2D eigenvalue weighted by atomic mass is 9.99. The van der Waals surface area contributed by atoms with Gasteiger partial charge in [0.15, 0.2) is 0 Å². The van der Waals surface area contributed by atoms with E-state index in [4.69, 9.17) is 9.84 Å². The second-order valence-electron chi connectivity index (χ2n) is 8.27. The van der Waals surface area contributed by atoms with E-state index in [9.17, 15) is 4.79 Å². The highest BCUT2D eigenvalue weighted by atomic mass is 16.5. The molecule has 204 valence electrons. The molecule has 0 heterocycles. The maximum absolute atomic E-state index is 11.7. The maximum atomic E-state index is 11.7. The van der Waals surface area contributed by atoms with Crippen molar-refractivity contribution in [3.8, 4) is 5.75 Å². The van der Waals surface area contributed by atoms with Crippen molar-refractivity contribution in [2.24, 2.45) is 5.92 Å². The quantitative estimate of drug-likeness (QED) is 0.125. The number of ether oxygens (including phenoxy) is 1. The molecule has 0 spiro atoms. The number of aryl methyl sites for hydroxylation is 1. The van der Waals surface area contributed by atoms with E-state index >= 15 is 0 Å². The van der Waals surface area contributed by atoms with Crippen LogP contribution in [0.2, 0.25) is 0 Å². The molecular weight excluding hydrogens is 444 g/mol. The third-order valence-electron chi connectivity index (χ3n) is 5.32. The van der Waals surface area contributed by atoms with Crippen LogP contribution in [0.5, 0.6) is 5.75 Å². The number of unbranched alkanes of at least 4 members (excludes halogenated alkanes) is 1. The van der Waals surface area contributed by atoms with Gasteiger partial charge >= 0.3 is 0 Å². The largest absolute Gasteiger partial charge is 0.494 e. The van der Waals surface area contributed by atoms with E-state index in [0.29, 0.717) is 24.5 Å². The van der Waals surface area contributed by atoms with Crippen molar-refractivity contribution in [2.45, 2.75) is 98.8 Å². The minimum Gasteiger partial charge on any atom is -0.494 e. The number of aliphatic hydroxyl groups is 1. The summed E-state index contributed by atoms with van der Waals surface area (Å²) in [6.45, 7) is 11.2. The molecule has 3 nitrogen and oxygen atoms in total. The van der Waals surface area contributed by atoms with Gasteiger partial charge in [0.25, 0.3) is 0 Å². The van der Waals surface area contributed by atoms with Crippen molar-refractivity contribution in [1.82, 2.24) is 0 Å². The van der Waals surface area contributed by atoms with Gasteiger partial charge in [-0.15, -0.1) is 0 Å². The molecule has 0 saturated carbocycles. The molecule has 1 unspecified atom stereocenters. The fourth-order valence-electron chi connectivity index (χ4n) is 3.48. The highest BCUT2D eigenvalue weighted by molar-refractivity contribution is 5.78. The molecule has 0 aliphatic heterocycles. The average molecular weight is 499 g/mol. The van der Waals surface area contributed by atoms with Crippen molar-refractivity contribution in [3.63, 3.8) is 0 Å². The number of Topliss-reactive ketones (excluding diaryl/α,β-unsaturated/α-hetero) is 1. The smallest absolute Gasteiger partial charge is 0.133 e. The lowest BCUT2D eigenvalue weighted by Gasteiger charge is -2.13. The number of carbonyl (C=O) groups is 1. The molecular formula is C33H54O3. The number of benzene rings is 1. The molecule has 0 aliphatic carbocycles. The first-order valence-electron chi connectivity index (χ1n) is 14.0. The molecule has 1 rings (SSSR count). The number of hydrogen-bond donors (Lipinski definition) is 1. The van der Waals surface area contributed by atoms with E-state index in [2.05, 4.69) is 74.6 Å². The predicted octanol–water partition coefficient (Wildman–Crippen LogP) is 9.22. The van der Waals surface area contributed by atoms with Gasteiger partial charge in [0.05, 0.1) is 6.61 Å². The summed E-state index contributed by atoms with van der Waals surface area (Å²) < 4.78 is 5.97. The molecule has 3 heteroatoms. The van der Waals surface area contributed by atoms with Crippen LogP contribution in [0.1, 0.15) is 98.0 Å². The first-order chi connectivity index (χ1) is 17.7. The monoisotopic (exact) mass is 498 g/mol. The van der Waals surface area contributed by atoms with Gasteiger partial charge in [0, 0.05) is 20.0 Å². The Morgan fingerprint density at radius 1 is 0.833 bits per heavy atom. The lowest BCUT2D eigenvalue weighted by molar-refractivity contribution is -0.119. The molecule has 0 fully saturated rings. The van der Waals surface area contributed by atoms with E-state index in [1.54, 1.807) is 0 Å². The third kappa shape index (κ3) is 22.1. The minimum atomic E-state index is 0.355. The van der Waals surface area contributed by atoms with Crippen LogP contribution in [0.25, 0.3) is 0 Å². The van der Waals surface area contributed by atoms with Gasteiger partial charge in [-0.25, -0.2) is 0 Å². The van der Waals surface area contributed by atoms with Gasteiger partial charge in [-0.05, 0) is 68.6 Å². The molecule has 1 N–H and O–H groups in total. The Morgan fingerprint density at radius 2 is 1.50 bits per heavy atom. The van der Waals surface area contributed by atoms with Crippen LogP contribution >= 0.6 is 0 Å². The summed E-state index contributed by atoms with van der Waals surface area (Å²) in [5, 5.41) is 7.00. The van der Waals surface area contributed by atoms with E-state index in [1.807, 2.05) is 32.9 Å². The van der Waals surface area contributed by atoms with Crippen LogP contribution < -0.4 is 4.74 Å². The molecule has 1 aromatic carbocycles. The van der Waals surface area contributed by atoms with E-state index < -0.39 is 0 Å². The highest BCUT2D eigenvalue weighted by Gasteiger charge is 2.05. The number of aliphatic hydroxyl groups excluding tert-OH is 1. The molecule has 36 heavy (non-hydrogen) atoms. The van der Waals surface area contributed by atoms with E-state index in [-0.39, 0.29) is 0 Å². The summed E-state index contributed by atoms with van der Waals surface area (Å²) in [5.74, 6) is 1.80. The molecule has 0 aromatic heterocycles. The molecule has 1 atom stereocenters. The Labute approximate surface area is 223 Å². The van der Waals surface area contributed by atoms with Gasteiger partial charge in [0.1, 0.15) is 11.5 Å². The fraction of sp³-hybridized carbons (Fsp3) is 0.545. The van der Waals surface area contributed by atoms with Crippen molar-refractivity contribution in [3.05, 3.63) is 78.4 Å². The first kappa shape index (κ1) is 35.8. The number of ketones is 1. The Hall–Kier alpha value is -2.39. The summed E-state index contributed by atoms with van der Waals surface area (Å²) in [7, 11) is 1.00. The van der Waals surface area contributed by atoms with Crippen LogP contribution in [0.3, 0.4) is 0 Å². The SMILES string of the molecule is CC.CC/C=C\CC/C=C/C=C\C=C\C(CCC)CCOc1ccc(CCC(=O)CCC)cc1.CO. The van der Waals surface area contributed by atoms with Crippen molar-refractivity contribution >= 4 is 5.78 Å². The second-order valence-corrected chi connectivity index (χ2v) is 8.27. The van der Waals surface area contributed by atoms with E-state index in [1.165, 1.54) is 18.4 Å². The van der Waals surface area contributed by atoms with Crippen LogP contribution in [0.15, 0.2) is 72.9 Å². The Kier molecular flexibility index (Phi) is 28.7. The molecule has 1 aromatic rings. The highest BCUT2D eigenvalue weighted by Crippen LogP contribution is 2.17. The van der Waals surface area contributed by atoms with Crippen LogP contribution in [-0.2, 0) is 11.2 Å². The lowest BCUT2D eigenvalue weighted by Crippen LogP contribution is -2.05. The van der Waals surface area contributed by atoms with Gasteiger partial charge in [-0.3, -0.25) is 4.79 Å². The van der Waals surface area contributed by atoms with Crippen LogP contribution in [0.4, 0.5) is 0 Å². The summed E-state index contributed by atoms with van der Waals surface area (Å²) in [6.07, 6.45) is 27.3. The molecule has 0 radical (unpaired) electrons.